The fourth-order valence-corrected chi connectivity index (χ4v) is 4.41. The van der Waals surface area contributed by atoms with Crippen molar-refractivity contribution in [2.24, 2.45) is 11.8 Å². The van der Waals surface area contributed by atoms with Gasteiger partial charge in [0, 0.05) is 5.92 Å². The average Bonchev–Trinajstić information content (AvgIpc) is 2.97. The maximum absolute atomic E-state index is 9.00. The van der Waals surface area contributed by atoms with Crippen molar-refractivity contribution in [1.82, 2.24) is 9.97 Å². The second kappa shape index (κ2) is 5.18. The Kier molecular flexibility index (Phi) is 3.18. The Bertz CT molecular complexity index is 694. The number of aromatic amines is 1. The molecule has 21 heavy (non-hydrogen) atoms. The zero-order chi connectivity index (χ0) is 14.2. The van der Waals surface area contributed by atoms with Crippen molar-refractivity contribution in [3.05, 3.63) is 29.6 Å². The highest BCUT2D eigenvalue weighted by molar-refractivity contribution is 5.76. The molecule has 2 aromatic rings. The topological polar surface area (TPSA) is 52.5 Å². The summed E-state index contributed by atoms with van der Waals surface area (Å²) in [5, 5.41) is 9.00. The van der Waals surface area contributed by atoms with Crippen molar-refractivity contribution in [3.63, 3.8) is 0 Å². The molecule has 1 N–H and O–H groups in total. The molecule has 1 aromatic carbocycles. The number of aromatic nitrogens is 2. The lowest BCUT2D eigenvalue weighted by molar-refractivity contribution is 0.153. The SMILES string of the molecule is N#Cc1ccc2nc(C3CCC4CCCCC4C3)[nH]c2c1. The molecule has 2 aliphatic carbocycles. The number of benzene rings is 1. The Balaban J connectivity index is 1.60. The van der Waals surface area contributed by atoms with Crippen molar-refractivity contribution in [2.75, 3.05) is 0 Å². The van der Waals surface area contributed by atoms with Crippen LogP contribution in [0.25, 0.3) is 11.0 Å². The summed E-state index contributed by atoms with van der Waals surface area (Å²) in [7, 11) is 0. The summed E-state index contributed by atoms with van der Waals surface area (Å²) < 4.78 is 0. The maximum atomic E-state index is 9.00. The highest BCUT2D eigenvalue weighted by atomic mass is 14.9. The van der Waals surface area contributed by atoms with E-state index in [1.807, 2.05) is 18.2 Å². The van der Waals surface area contributed by atoms with Gasteiger partial charge in [-0.3, -0.25) is 0 Å². The van der Waals surface area contributed by atoms with Gasteiger partial charge in [0.2, 0.25) is 0 Å². The van der Waals surface area contributed by atoms with Crippen LogP contribution in [0.5, 0.6) is 0 Å². The third-order valence-corrected chi connectivity index (χ3v) is 5.56. The standard InChI is InChI=1S/C18H21N3/c19-11-12-5-8-16-17(9-12)21-18(20-16)15-7-6-13-3-1-2-4-14(13)10-15/h5,8-9,13-15H,1-4,6-7,10H2,(H,20,21). The Morgan fingerprint density at radius 3 is 2.81 bits per heavy atom. The van der Waals surface area contributed by atoms with Gasteiger partial charge in [0.25, 0.3) is 0 Å². The van der Waals surface area contributed by atoms with Gasteiger partial charge in [-0.05, 0) is 49.3 Å². The van der Waals surface area contributed by atoms with Gasteiger partial charge < -0.3 is 4.98 Å². The van der Waals surface area contributed by atoms with Gasteiger partial charge in [0.1, 0.15) is 5.82 Å². The van der Waals surface area contributed by atoms with Crippen LogP contribution in [0, 0.1) is 23.2 Å². The molecule has 0 spiro atoms. The molecule has 3 heteroatoms. The Morgan fingerprint density at radius 1 is 1.10 bits per heavy atom. The molecule has 0 amide bonds. The second-order valence-electron chi connectivity index (χ2n) is 6.78. The molecule has 3 atom stereocenters. The summed E-state index contributed by atoms with van der Waals surface area (Å²) in [6.45, 7) is 0. The van der Waals surface area contributed by atoms with Crippen LogP contribution < -0.4 is 0 Å². The molecule has 3 nitrogen and oxygen atoms in total. The number of rotatable bonds is 1. The number of nitrogens with one attached hydrogen (secondary N) is 1. The van der Waals surface area contributed by atoms with E-state index in [9.17, 15) is 0 Å². The molecule has 1 aromatic heterocycles. The van der Waals surface area contributed by atoms with E-state index in [4.69, 9.17) is 10.2 Å². The van der Waals surface area contributed by atoms with Gasteiger partial charge in [-0.1, -0.05) is 25.7 Å². The minimum atomic E-state index is 0.585. The van der Waals surface area contributed by atoms with Crippen molar-refractivity contribution in [1.29, 1.82) is 5.26 Å². The Morgan fingerprint density at radius 2 is 1.95 bits per heavy atom. The molecule has 0 aliphatic heterocycles. The highest BCUT2D eigenvalue weighted by Gasteiger charge is 2.33. The fourth-order valence-electron chi connectivity index (χ4n) is 4.41. The normalized spacial score (nSPS) is 29.0. The van der Waals surface area contributed by atoms with E-state index in [1.54, 1.807) is 0 Å². The molecular formula is C18H21N3. The van der Waals surface area contributed by atoms with Gasteiger partial charge >= 0.3 is 0 Å². The van der Waals surface area contributed by atoms with E-state index in [0.717, 1.165) is 28.7 Å². The number of nitrogens with zero attached hydrogens (tertiary/aromatic N) is 2. The van der Waals surface area contributed by atoms with Crippen molar-refractivity contribution < 1.29 is 0 Å². The quantitative estimate of drug-likeness (QED) is 0.835. The minimum Gasteiger partial charge on any atom is -0.342 e. The summed E-state index contributed by atoms with van der Waals surface area (Å²) in [6.07, 6.45) is 9.66. The average molecular weight is 279 g/mol. The Hall–Kier alpha value is -1.82. The zero-order valence-electron chi connectivity index (χ0n) is 12.3. The first-order valence-electron chi connectivity index (χ1n) is 8.23. The minimum absolute atomic E-state index is 0.585. The van der Waals surface area contributed by atoms with E-state index in [1.165, 1.54) is 44.9 Å². The van der Waals surface area contributed by atoms with Crippen LogP contribution in [0.1, 0.15) is 62.3 Å². The van der Waals surface area contributed by atoms with E-state index >= 15 is 0 Å². The molecule has 2 aliphatic rings. The first-order chi connectivity index (χ1) is 10.3. The molecule has 2 saturated carbocycles. The van der Waals surface area contributed by atoms with Crippen LogP contribution in [0.2, 0.25) is 0 Å². The van der Waals surface area contributed by atoms with Crippen molar-refractivity contribution in [3.8, 4) is 6.07 Å². The highest BCUT2D eigenvalue weighted by Crippen LogP contribution is 2.45. The van der Waals surface area contributed by atoms with Crippen LogP contribution in [-0.2, 0) is 0 Å². The summed E-state index contributed by atoms with van der Waals surface area (Å²) >= 11 is 0. The van der Waals surface area contributed by atoms with E-state index < -0.39 is 0 Å². The molecular weight excluding hydrogens is 258 g/mol. The molecule has 0 radical (unpaired) electrons. The predicted octanol–water partition coefficient (Wildman–Crippen LogP) is 4.51. The molecule has 4 rings (SSSR count). The lowest BCUT2D eigenvalue weighted by Crippen LogP contribution is -2.27. The van der Waals surface area contributed by atoms with Crippen LogP contribution in [0.15, 0.2) is 18.2 Å². The predicted molar refractivity (Wildman–Crippen MR) is 82.8 cm³/mol. The van der Waals surface area contributed by atoms with Crippen LogP contribution in [0.4, 0.5) is 0 Å². The molecule has 0 bridgehead atoms. The summed E-state index contributed by atoms with van der Waals surface area (Å²) in [5.41, 5.74) is 2.71. The molecule has 3 unspecified atom stereocenters. The third kappa shape index (κ3) is 2.33. The second-order valence-corrected chi connectivity index (χ2v) is 6.78. The van der Waals surface area contributed by atoms with Gasteiger partial charge in [-0.15, -0.1) is 0 Å². The van der Waals surface area contributed by atoms with Gasteiger partial charge in [0.05, 0.1) is 22.7 Å². The van der Waals surface area contributed by atoms with Crippen LogP contribution in [0.3, 0.4) is 0 Å². The number of hydrogen-bond acceptors (Lipinski definition) is 2. The third-order valence-electron chi connectivity index (χ3n) is 5.56. The largest absolute Gasteiger partial charge is 0.342 e. The first-order valence-corrected chi connectivity index (χ1v) is 8.23. The van der Waals surface area contributed by atoms with Crippen molar-refractivity contribution in [2.45, 2.75) is 50.9 Å². The van der Waals surface area contributed by atoms with E-state index in [0.29, 0.717) is 11.5 Å². The molecule has 108 valence electrons. The zero-order valence-corrected chi connectivity index (χ0v) is 12.3. The lowest BCUT2D eigenvalue weighted by atomic mass is 9.67. The van der Waals surface area contributed by atoms with E-state index in [2.05, 4.69) is 11.1 Å². The molecule has 1 heterocycles. The summed E-state index contributed by atoms with van der Waals surface area (Å²) in [5.74, 6) is 3.62. The van der Waals surface area contributed by atoms with Crippen LogP contribution >= 0.6 is 0 Å². The number of nitriles is 1. The Labute approximate surface area is 125 Å². The van der Waals surface area contributed by atoms with Crippen LogP contribution in [-0.4, -0.2) is 9.97 Å². The van der Waals surface area contributed by atoms with E-state index in [-0.39, 0.29) is 0 Å². The fraction of sp³-hybridized carbons (Fsp3) is 0.556. The van der Waals surface area contributed by atoms with Gasteiger partial charge in [-0.2, -0.15) is 5.26 Å². The number of fused-ring (bicyclic) bond motifs is 2. The summed E-state index contributed by atoms with van der Waals surface area (Å²) in [4.78, 5) is 8.26. The number of hydrogen-bond donors (Lipinski definition) is 1. The number of imidazole rings is 1. The smallest absolute Gasteiger partial charge is 0.110 e. The number of H-pyrrole nitrogens is 1. The molecule has 0 saturated heterocycles. The summed E-state index contributed by atoms with van der Waals surface area (Å²) in [6, 6.07) is 7.92. The first kappa shape index (κ1) is 12.9. The molecule has 2 fully saturated rings. The van der Waals surface area contributed by atoms with Gasteiger partial charge in [-0.25, -0.2) is 4.98 Å². The maximum Gasteiger partial charge on any atom is 0.110 e. The van der Waals surface area contributed by atoms with Gasteiger partial charge in [0.15, 0.2) is 0 Å². The van der Waals surface area contributed by atoms with Crippen molar-refractivity contribution >= 4 is 11.0 Å². The monoisotopic (exact) mass is 279 g/mol. The lowest BCUT2D eigenvalue weighted by Gasteiger charge is -2.38.